The number of benzene rings is 1. The fraction of sp³-hybridized carbons (Fsp3) is 0.500. The fourth-order valence-corrected chi connectivity index (χ4v) is 3.23. The molecule has 1 fully saturated rings. The number of hydrogen-bond acceptors (Lipinski definition) is 5. The quantitative estimate of drug-likeness (QED) is 0.841. The van der Waals surface area contributed by atoms with Crippen LogP contribution in [0.2, 0.25) is 0 Å². The van der Waals surface area contributed by atoms with Crippen molar-refractivity contribution in [1.82, 2.24) is 14.7 Å². The van der Waals surface area contributed by atoms with Crippen LogP contribution in [0.15, 0.2) is 24.3 Å². The Morgan fingerprint density at radius 3 is 2.88 bits per heavy atom. The molecule has 0 spiro atoms. The lowest BCUT2D eigenvalue weighted by Crippen LogP contribution is -2.38. The molecular formula is C18H25N3O3. The second kappa shape index (κ2) is 7.23. The van der Waals surface area contributed by atoms with Crippen molar-refractivity contribution in [3.05, 3.63) is 41.1 Å². The van der Waals surface area contributed by atoms with Crippen LogP contribution in [0.1, 0.15) is 22.9 Å². The third-order valence-electron chi connectivity index (χ3n) is 4.48. The summed E-state index contributed by atoms with van der Waals surface area (Å²) < 4.78 is 18.6. The van der Waals surface area contributed by atoms with E-state index in [2.05, 4.69) is 16.1 Å². The summed E-state index contributed by atoms with van der Waals surface area (Å²) in [6.07, 6.45) is 0.0526. The van der Waals surface area contributed by atoms with E-state index in [0.717, 1.165) is 48.1 Å². The average molecular weight is 331 g/mol. The monoisotopic (exact) mass is 331 g/mol. The molecule has 2 heterocycles. The van der Waals surface area contributed by atoms with E-state index >= 15 is 0 Å². The second-order valence-electron chi connectivity index (χ2n) is 6.07. The summed E-state index contributed by atoms with van der Waals surface area (Å²) in [4.78, 5) is 2.39. The Labute approximate surface area is 142 Å². The summed E-state index contributed by atoms with van der Waals surface area (Å²) in [5.74, 6) is 1.69. The molecule has 24 heavy (non-hydrogen) atoms. The van der Waals surface area contributed by atoms with Gasteiger partial charge in [-0.25, -0.2) is 4.68 Å². The zero-order valence-electron chi connectivity index (χ0n) is 14.8. The Hall–Kier alpha value is -2.05. The molecule has 1 aromatic heterocycles. The number of hydrogen-bond donors (Lipinski definition) is 0. The number of nitrogens with zero attached hydrogens (tertiary/aromatic N) is 3. The summed E-state index contributed by atoms with van der Waals surface area (Å²) in [6.45, 7) is 5.29. The molecule has 1 aliphatic heterocycles. The molecule has 0 N–H and O–H groups in total. The molecule has 0 radical (unpaired) electrons. The predicted molar refractivity (Wildman–Crippen MR) is 91.5 cm³/mol. The Bertz CT molecular complexity index is 699. The van der Waals surface area contributed by atoms with Gasteiger partial charge >= 0.3 is 0 Å². The zero-order valence-corrected chi connectivity index (χ0v) is 14.8. The molecule has 130 valence electrons. The van der Waals surface area contributed by atoms with Gasteiger partial charge in [-0.15, -0.1) is 0 Å². The van der Waals surface area contributed by atoms with Gasteiger partial charge in [0.15, 0.2) is 0 Å². The molecule has 0 bridgehead atoms. The lowest BCUT2D eigenvalue weighted by Gasteiger charge is -2.33. The van der Waals surface area contributed by atoms with E-state index in [1.165, 1.54) is 0 Å². The van der Waals surface area contributed by atoms with E-state index in [1.54, 1.807) is 18.9 Å². The Balaban J connectivity index is 1.74. The topological polar surface area (TPSA) is 48.8 Å². The van der Waals surface area contributed by atoms with E-state index in [-0.39, 0.29) is 6.10 Å². The van der Waals surface area contributed by atoms with Crippen LogP contribution in [0.4, 0.5) is 0 Å². The van der Waals surface area contributed by atoms with E-state index in [9.17, 15) is 0 Å². The molecule has 1 atom stereocenters. The largest absolute Gasteiger partial charge is 0.497 e. The van der Waals surface area contributed by atoms with Gasteiger partial charge in [-0.05, 0) is 24.6 Å². The van der Waals surface area contributed by atoms with Crippen molar-refractivity contribution in [1.29, 1.82) is 0 Å². The highest BCUT2D eigenvalue weighted by Gasteiger charge is 2.25. The van der Waals surface area contributed by atoms with Crippen LogP contribution in [-0.4, -0.2) is 48.6 Å². The maximum atomic E-state index is 5.97. The highest BCUT2D eigenvalue weighted by Crippen LogP contribution is 2.28. The third kappa shape index (κ3) is 3.39. The van der Waals surface area contributed by atoms with Crippen LogP contribution >= 0.6 is 0 Å². The number of ether oxygens (including phenoxy) is 3. The minimum absolute atomic E-state index is 0.0526. The minimum Gasteiger partial charge on any atom is -0.497 e. The lowest BCUT2D eigenvalue weighted by molar-refractivity contribution is -0.0332. The first-order valence-corrected chi connectivity index (χ1v) is 8.16. The molecule has 2 aromatic rings. The van der Waals surface area contributed by atoms with Gasteiger partial charge in [0.05, 0.1) is 38.2 Å². The molecule has 0 amide bonds. The molecule has 1 saturated heterocycles. The van der Waals surface area contributed by atoms with Gasteiger partial charge in [-0.1, -0.05) is 12.1 Å². The maximum absolute atomic E-state index is 5.97. The number of morpholine rings is 1. The number of rotatable bonds is 5. The molecule has 1 aromatic carbocycles. The summed E-state index contributed by atoms with van der Waals surface area (Å²) >= 11 is 0. The standard InChI is InChI=1S/C18H25N3O3/c1-13-16(18(23-4)20(2)19-13)11-21-8-9-24-17(12-21)14-6-5-7-15(10-14)22-3/h5-7,10,17H,8-9,11-12H2,1-4H3/t17-/m1/s1. The van der Waals surface area contributed by atoms with Crippen molar-refractivity contribution in [2.45, 2.75) is 19.6 Å². The van der Waals surface area contributed by atoms with Gasteiger partial charge in [0.25, 0.3) is 0 Å². The van der Waals surface area contributed by atoms with Gasteiger partial charge in [-0.2, -0.15) is 5.10 Å². The van der Waals surface area contributed by atoms with Crippen LogP contribution in [0.5, 0.6) is 11.6 Å². The second-order valence-corrected chi connectivity index (χ2v) is 6.07. The first-order valence-electron chi connectivity index (χ1n) is 8.16. The zero-order chi connectivity index (χ0) is 17.1. The molecule has 0 saturated carbocycles. The van der Waals surface area contributed by atoms with Gasteiger partial charge in [-0.3, -0.25) is 4.90 Å². The average Bonchev–Trinajstić information content (AvgIpc) is 2.88. The van der Waals surface area contributed by atoms with Crippen molar-refractivity contribution in [2.75, 3.05) is 33.9 Å². The third-order valence-corrected chi connectivity index (χ3v) is 4.48. The Kier molecular flexibility index (Phi) is 5.06. The molecular weight excluding hydrogens is 306 g/mol. The van der Waals surface area contributed by atoms with Gasteiger partial charge in [0.1, 0.15) is 5.75 Å². The molecule has 6 heteroatoms. The molecule has 6 nitrogen and oxygen atoms in total. The van der Waals surface area contributed by atoms with Crippen LogP contribution in [0.3, 0.4) is 0 Å². The Morgan fingerprint density at radius 1 is 1.29 bits per heavy atom. The minimum atomic E-state index is 0.0526. The highest BCUT2D eigenvalue weighted by molar-refractivity contribution is 5.32. The molecule has 1 aliphatic rings. The van der Waals surface area contributed by atoms with Crippen molar-refractivity contribution >= 4 is 0 Å². The van der Waals surface area contributed by atoms with E-state index in [4.69, 9.17) is 14.2 Å². The number of methoxy groups -OCH3 is 2. The molecule has 0 aliphatic carbocycles. The normalized spacial score (nSPS) is 18.6. The fourth-order valence-electron chi connectivity index (χ4n) is 3.23. The number of aryl methyl sites for hydroxylation is 2. The van der Waals surface area contributed by atoms with Crippen molar-refractivity contribution in [2.24, 2.45) is 7.05 Å². The lowest BCUT2D eigenvalue weighted by atomic mass is 10.1. The van der Waals surface area contributed by atoms with Gasteiger partial charge < -0.3 is 14.2 Å². The maximum Gasteiger partial charge on any atom is 0.216 e. The smallest absolute Gasteiger partial charge is 0.216 e. The van der Waals surface area contributed by atoms with Crippen molar-refractivity contribution in [3.8, 4) is 11.6 Å². The van der Waals surface area contributed by atoms with Crippen LogP contribution < -0.4 is 9.47 Å². The number of aromatic nitrogens is 2. The summed E-state index contributed by atoms with van der Waals surface area (Å²) in [5, 5.41) is 4.46. The van der Waals surface area contributed by atoms with Crippen LogP contribution in [-0.2, 0) is 18.3 Å². The van der Waals surface area contributed by atoms with Crippen molar-refractivity contribution in [3.63, 3.8) is 0 Å². The van der Waals surface area contributed by atoms with Crippen LogP contribution in [0, 0.1) is 6.92 Å². The molecule has 3 rings (SSSR count). The summed E-state index contributed by atoms with van der Waals surface area (Å²) in [7, 11) is 5.29. The first kappa shape index (κ1) is 16.8. The summed E-state index contributed by atoms with van der Waals surface area (Å²) in [5.41, 5.74) is 3.30. The first-order chi connectivity index (χ1) is 11.6. The van der Waals surface area contributed by atoms with Gasteiger partial charge in [0, 0.05) is 26.7 Å². The summed E-state index contributed by atoms with van der Waals surface area (Å²) in [6, 6.07) is 8.09. The predicted octanol–water partition coefficient (Wildman–Crippen LogP) is 2.32. The van der Waals surface area contributed by atoms with E-state index < -0.39 is 0 Å². The SMILES string of the molecule is COc1cccc([C@H]2CN(Cc3c(C)nn(C)c3OC)CCO2)c1. The highest BCUT2D eigenvalue weighted by atomic mass is 16.5. The van der Waals surface area contributed by atoms with Crippen LogP contribution in [0.25, 0.3) is 0 Å². The Morgan fingerprint density at radius 2 is 2.12 bits per heavy atom. The van der Waals surface area contributed by atoms with Crippen molar-refractivity contribution < 1.29 is 14.2 Å². The van der Waals surface area contributed by atoms with E-state index in [0.29, 0.717) is 6.61 Å². The molecule has 0 unspecified atom stereocenters. The van der Waals surface area contributed by atoms with E-state index in [1.807, 2.05) is 32.2 Å². The van der Waals surface area contributed by atoms with Gasteiger partial charge in [0.2, 0.25) is 5.88 Å².